The Morgan fingerprint density at radius 1 is 1.52 bits per heavy atom. The maximum atomic E-state index is 10.6. The third-order valence-electron chi connectivity index (χ3n) is 4.79. The van der Waals surface area contributed by atoms with Gasteiger partial charge in [-0.1, -0.05) is 0 Å². The Morgan fingerprint density at radius 3 is 2.96 bits per heavy atom. The average Bonchev–Trinajstić information content (AvgIpc) is 3.34. The predicted molar refractivity (Wildman–Crippen MR) is 116 cm³/mol. The Bertz CT molecular complexity index is 726. The maximum absolute atomic E-state index is 10.6. The molecule has 1 aliphatic heterocycles. The zero-order valence-corrected chi connectivity index (χ0v) is 18.6. The second-order valence-corrected chi connectivity index (χ2v) is 7.25. The van der Waals surface area contributed by atoms with Gasteiger partial charge in [0.05, 0.1) is 19.0 Å². The second kappa shape index (κ2) is 9.59. The van der Waals surface area contributed by atoms with Crippen LogP contribution in [0.2, 0.25) is 0 Å². The first-order valence-electron chi connectivity index (χ1n) is 9.25. The predicted octanol–water partition coefficient (Wildman–Crippen LogP) is 2.37. The summed E-state index contributed by atoms with van der Waals surface area (Å²) in [6.07, 6.45) is 7.77. The normalized spacial score (nSPS) is 19.6. The first kappa shape index (κ1) is 21.7. The van der Waals surface area contributed by atoms with Gasteiger partial charge < -0.3 is 19.7 Å². The summed E-state index contributed by atoms with van der Waals surface area (Å²) in [5.74, 6) is 1.98. The number of halogens is 1. The molecule has 0 spiro atoms. The quantitative estimate of drug-likeness (QED) is 0.372. The number of nitrogens with one attached hydrogen (secondary N) is 1. The van der Waals surface area contributed by atoms with Crippen LogP contribution in [0.3, 0.4) is 0 Å². The van der Waals surface area contributed by atoms with Crippen molar-refractivity contribution in [3.63, 3.8) is 0 Å². The first-order valence-corrected chi connectivity index (χ1v) is 9.25. The summed E-state index contributed by atoms with van der Waals surface area (Å²) in [5.41, 5.74) is 0.168. The van der Waals surface area contributed by atoms with Gasteiger partial charge in [-0.05, 0) is 50.3 Å². The third-order valence-corrected chi connectivity index (χ3v) is 4.79. The van der Waals surface area contributed by atoms with Crippen LogP contribution in [0.4, 0.5) is 0 Å². The molecule has 3 rings (SSSR count). The van der Waals surface area contributed by atoms with Crippen LogP contribution in [-0.2, 0) is 19.1 Å². The Labute approximate surface area is 177 Å². The topological polar surface area (TPSA) is 78.8 Å². The highest BCUT2D eigenvalue weighted by atomic mass is 127. The van der Waals surface area contributed by atoms with Crippen LogP contribution in [0.5, 0.6) is 0 Å². The van der Waals surface area contributed by atoms with E-state index in [4.69, 9.17) is 4.42 Å². The molecule has 0 amide bonds. The van der Waals surface area contributed by atoms with Crippen molar-refractivity contribution in [1.29, 1.82) is 0 Å². The lowest BCUT2D eigenvalue weighted by atomic mass is 10.0. The maximum Gasteiger partial charge on any atom is 0.194 e. The summed E-state index contributed by atoms with van der Waals surface area (Å²) < 4.78 is 7.19. The molecule has 150 valence electrons. The van der Waals surface area contributed by atoms with Crippen LogP contribution >= 0.6 is 24.0 Å². The number of likely N-dealkylation sites (tertiary alicyclic amines) is 1. The first-order chi connectivity index (χ1) is 12.5. The smallest absolute Gasteiger partial charge is 0.194 e. The lowest BCUT2D eigenvalue weighted by molar-refractivity contribution is 0.0435. The minimum Gasteiger partial charge on any atom is -0.466 e. The average molecular weight is 487 g/mol. The molecule has 0 bridgehead atoms. The standard InChI is InChI=1S/C19H29N5O2.HI/c1-4-20-18(21-14-19(2,25)17-6-5-9-26-17)24-8-7-15(13-24)10-16-11-22-23(3)12-16;/h5-6,9,11-12,15,25H,4,7-8,10,13-14H2,1-3H3,(H,20,21);1H. The number of rotatable bonds is 6. The molecule has 1 aliphatic rings. The van der Waals surface area contributed by atoms with E-state index in [9.17, 15) is 5.11 Å². The van der Waals surface area contributed by atoms with Crippen LogP contribution in [0, 0.1) is 5.92 Å². The molecule has 3 heterocycles. The van der Waals surface area contributed by atoms with E-state index in [-0.39, 0.29) is 30.5 Å². The van der Waals surface area contributed by atoms with Gasteiger partial charge in [-0.2, -0.15) is 5.10 Å². The Hall–Kier alpha value is -1.55. The monoisotopic (exact) mass is 487 g/mol. The van der Waals surface area contributed by atoms with E-state index in [0.29, 0.717) is 11.7 Å². The molecule has 27 heavy (non-hydrogen) atoms. The van der Waals surface area contributed by atoms with Crippen molar-refractivity contribution in [2.45, 2.75) is 32.3 Å². The molecule has 2 N–H and O–H groups in total. The Balaban J connectivity index is 0.00000261. The minimum absolute atomic E-state index is 0. The van der Waals surface area contributed by atoms with Crippen molar-refractivity contribution in [3.05, 3.63) is 42.1 Å². The number of aryl methyl sites for hydroxylation is 1. The molecule has 2 atom stereocenters. The Kier molecular flexibility index (Phi) is 7.72. The number of hydrogen-bond acceptors (Lipinski definition) is 4. The van der Waals surface area contributed by atoms with Crippen LogP contribution in [0.25, 0.3) is 0 Å². The summed E-state index contributed by atoms with van der Waals surface area (Å²) in [6.45, 7) is 6.78. The number of hydrogen-bond donors (Lipinski definition) is 2. The van der Waals surface area contributed by atoms with E-state index in [0.717, 1.165) is 38.4 Å². The lowest BCUT2D eigenvalue weighted by Gasteiger charge is -2.24. The minimum atomic E-state index is -1.11. The van der Waals surface area contributed by atoms with Crippen LogP contribution in [-0.4, -0.2) is 51.9 Å². The number of aliphatic hydroxyl groups is 1. The van der Waals surface area contributed by atoms with Gasteiger partial charge >= 0.3 is 0 Å². The summed E-state index contributed by atoms with van der Waals surface area (Å²) >= 11 is 0. The van der Waals surface area contributed by atoms with Crippen LogP contribution in [0.15, 0.2) is 40.2 Å². The molecular formula is C19H30IN5O2. The number of furan rings is 1. The summed E-state index contributed by atoms with van der Waals surface area (Å²) in [4.78, 5) is 6.95. The zero-order chi connectivity index (χ0) is 18.6. The number of guanidine groups is 1. The fourth-order valence-electron chi connectivity index (χ4n) is 3.42. The molecule has 0 aliphatic carbocycles. The molecule has 2 aromatic heterocycles. The lowest BCUT2D eigenvalue weighted by Crippen LogP contribution is -2.41. The fraction of sp³-hybridized carbons (Fsp3) is 0.579. The van der Waals surface area contributed by atoms with E-state index in [1.807, 2.05) is 17.9 Å². The van der Waals surface area contributed by atoms with Gasteiger partial charge in [-0.25, -0.2) is 4.99 Å². The van der Waals surface area contributed by atoms with Crippen molar-refractivity contribution in [2.24, 2.45) is 18.0 Å². The summed E-state index contributed by atoms with van der Waals surface area (Å²) in [7, 11) is 1.95. The van der Waals surface area contributed by atoms with Gasteiger partial charge in [0.25, 0.3) is 0 Å². The van der Waals surface area contributed by atoms with Crippen molar-refractivity contribution in [3.8, 4) is 0 Å². The molecule has 1 saturated heterocycles. The number of aliphatic imine (C=N–C) groups is 1. The molecule has 2 unspecified atom stereocenters. The van der Waals surface area contributed by atoms with Gasteiger partial charge in [0.1, 0.15) is 11.4 Å². The highest BCUT2D eigenvalue weighted by Crippen LogP contribution is 2.23. The van der Waals surface area contributed by atoms with Crippen molar-refractivity contribution < 1.29 is 9.52 Å². The highest BCUT2D eigenvalue weighted by Gasteiger charge is 2.29. The van der Waals surface area contributed by atoms with Gasteiger partial charge in [-0.3, -0.25) is 4.68 Å². The van der Waals surface area contributed by atoms with Crippen LogP contribution < -0.4 is 5.32 Å². The van der Waals surface area contributed by atoms with Crippen molar-refractivity contribution in [1.82, 2.24) is 20.0 Å². The molecular weight excluding hydrogens is 457 g/mol. The third kappa shape index (κ3) is 5.71. The van der Waals surface area contributed by atoms with E-state index in [2.05, 4.69) is 33.4 Å². The molecule has 0 saturated carbocycles. The number of aromatic nitrogens is 2. The molecule has 0 aromatic carbocycles. The fourth-order valence-corrected chi connectivity index (χ4v) is 3.42. The van der Waals surface area contributed by atoms with Crippen molar-refractivity contribution >= 4 is 29.9 Å². The van der Waals surface area contributed by atoms with E-state index < -0.39 is 5.60 Å². The van der Waals surface area contributed by atoms with E-state index in [1.54, 1.807) is 25.3 Å². The van der Waals surface area contributed by atoms with Gasteiger partial charge in [0.15, 0.2) is 5.96 Å². The summed E-state index contributed by atoms with van der Waals surface area (Å²) in [6, 6.07) is 3.56. The Morgan fingerprint density at radius 2 is 2.33 bits per heavy atom. The van der Waals surface area contributed by atoms with Gasteiger partial charge in [0, 0.05) is 32.9 Å². The van der Waals surface area contributed by atoms with Crippen LogP contribution in [0.1, 0.15) is 31.6 Å². The zero-order valence-electron chi connectivity index (χ0n) is 16.3. The van der Waals surface area contributed by atoms with E-state index >= 15 is 0 Å². The highest BCUT2D eigenvalue weighted by molar-refractivity contribution is 14.0. The molecule has 1 fully saturated rings. The van der Waals surface area contributed by atoms with E-state index in [1.165, 1.54) is 5.56 Å². The second-order valence-electron chi connectivity index (χ2n) is 7.25. The van der Waals surface area contributed by atoms with Crippen molar-refractivity contribution in [2.75, 3.05) is 26.2 Å². The molecule has 2 aromatic rings. The molecule has 7 nitrogen and oxygen atoms in total. The summed E-state index contributed by atoms with van der Waals surface area (Å²) in [5, 5.41) is 18.2. The van der Waals surface area contributed by atoms with Gasteiger partial charge in [0.2, 0.25) is 0 Å². The largest absolute Gasteiger partial charge is 0.466 e. The molecule has 0 radical (unpaired) electrons. The molecule has 8 heteroatoms. The van der Waals surface area contributed by atoms with Gasteiger partial charge in [-0.15, -0.1) is 24.0 Å². The number of nitrogens with zero attached hydrogens (tertiary/aromatic N) is 4. The SMILES string of the molecule is CCNC(=NCC(C)(O)c1ccco1)N1CCC(Cc2cnn(C)c2)C1.I.